The lowest BCUT2D eigenvalue weighted by molar-refractivity contribution is 0.0909. The first-order valence-electron chi connectivity index (χ1n) is 9.23. The molecule has 0 aliphatic heterocycles. The largest absolute Gasteiger partial charge is 0.494 e. The number of fused-ring (bicyclic) bond motifs is 1. The van der Waals surface area contributed by atoms with Crippen LogP contribution in [0.3, 0.4) is 0 Å². The van der Waals surface area contributed by atoms with Gasteiger partial charge in [0.1, 0.15) is 18.1 Å². The van der Waals surface area contributed by atoms with Crippen LogP contribution in [0.5, 0.6) is 5.75 Å². The van der Waals surface area contributed by atoms with Crippen LogP contribution in [0.25, 0.3) is 22.3 Å². The number of hydrogen-bond acceptors (Lipinski definition) is 3. The summed E-state index contributed by atoms with van der Waals surface area (Å²) >= 11 is 0. The van der Waals surface area contributed by atoms with Gasteiger partial charge >= 0.3 is 0 Å². The molecule has 0 unspecified atom stereocenters. The number of benzene rings is 1. The van der Waals surface area contributed by atoms with Crippen LogP contribution < -0.4 is 4.74 Å². The van der Waals surface area contributed by atoms with Gasteiger partial charge < -0.3 is 14.0 Å². The minimum absolute atomic E-state index is 0.521. The number of hydrogen-bond donors (Lipinski definition) is 0. The van der Waals surface area contributed by atoms with Gasteiger partial charge in [-0.05, 0) is 61.0 Å². The molecule has 0 saturated heterocycles. The molecule has 0 N–H and O–H groups in total. The van der Waals surface area contributed by atoms with Crippen molar-refractivity contribution in [1.29, 1.82) is 0 Å². The fourth-order valence-electron chi connectivity index (χ4n) is 2.88. The highest BCUT2D eigenvalue weighted by Gasteiger charge is 2.14. The molecule has 26 heavy (non-hydrogen) atoms. The van der Waals surface area contributed by atoms with E-state index in [2.05, 4.69) is 53.5 Å². The van der Waals surface area contributed by atoms with E-state index >= 15 is 0 Å². The maximum Gasteiger partial charge on any atom is 0.142 e. The summed E-state index contributed by atoms with van der Waals surface area (Å²) in [7, 11) is -1.09. The van der Waals surface area contributed by atoms with Crippen molar-refractivity contribution in [2.24, 2.45) is 0 Å². The minimum Gasteiger partial charge on any atom is -0.494 e. The molecule has 0 amide bonds. The second kappa shape index (κ2) is 8.06. The quantitative estimate of drug-likeness (QED) is 0.394. The molecule has 3 aromatic rings. The lowest BCUT2D eigenvalue weighted by Gasteiger charge is -2.16. The average molecular weight is 369 g/mol. The Morgan fingerprint density at radius 1 is 1.08 bits per heavy atom. The molecule has 3 rings (SSSR count). The summed E-state index contributed by atoms with van der Waals surface area (Å²) in [6, 6.07) is 15.6. The van der Waals surface area contributed by atoms with E-state index in [9.17, 15) is 0 Å². The van der Waals surface area contributed by atoms with Crippen LogP contribution in [0.1, 0.15) is 6.92 Å². The van der Waals surface area contributed by atoms with E-state index in [-0.39, 0.29) is 0 Å². The van der Waals surface area contributed by atoms with E-state index in [1.54, 1.807) is 0 Å². The molecule has 138 valence electrons. The number of rotatable bonds is 8. The molecule has 0 fully saturated rings. The molecule has 1 aromatic carbocycles. The van der Waals surface area contributed by atoms with E-state index in [4.69, 9.17) is 9.47 Å². The first-order valence-corrected chi connectivity index (χ1v) is 12.9. The molecule has 2 heterocycles. The summed E-state index contributed by atoms with van der Waals surface area (Å²) in [5, 5.41) is 1.13. The second-order valence-electron chi connectivity index (χ2n) is 7.68. The van der Waals surface area contributed by atoms with Crippen molar-refractivity contribution in [3.63, 3.8) is 0 Å². The first-order chi connectivity index (χ1) is 12.5. The van der Waals surface area contributed by atoms with Crippen molar-refractivity contribution in [3.05, 3.63) is 48.7 Å². The summed E-state index contributed by atoms with van der Waals surface area (Å²) in [5.74, 6) is 0.892. The highest BCUT2D eigenvalue weighted by Crippen LogP contribution is 2.28. The van der Waals surface area contributed by atoms with Crippen molar-refractivity contribution < 1.29 is 9.47 Å². The van der Waals surface area contributed by atoms with Crippen molar-refractivity contribution >= 4 is 19.1 Å². The Labute approximate surface area is 156 Å². The van der Waals surface area contributed by atoms with Crippen molar-refractivity contribution in [2.45, 2.75) is 39.3 Å². The number of nitrogens with zero attached hydrogens (tertiary/aromatic N) is 2. The molecular formula is C21H28N2O2Si. The zero-order valence-electron chi connectivity index (χ0n) is 16.2. The third-order valence-corrected chi connectivity index (χ3v) is 6.04. The SMILES string of the molecule is CCOc1ccc(-c2cc3cccnc3n2COCC[Si](C)(C)C)cc1. The number of aromatic nitrogens is 2. The van der Waals surface area contributed by atoms with Crippen LogP contribution >= 0.6 is 0 Å². The zero-order chi connectivity index (χ0) is 18.6. The van der Waals surface area contributed by atoms with Crippen LogP contribution in [0, 0.1) is 0 Å². The van der Waals surface area contributed by atoms with Gasteiger partial charge in [0, 0.05) is 26.3 Å². The molecule has 0 spiro atoms. The van der Waals surface area contributed by atoms with Crippen LogP contribution in [-0.2, 0) is 11.5 Å². The Balaban J connectivity index is 1.86. The number of ether oxygens (including phenoxy) is 2. The molecule has 5 heteroatoms. The number of pyridine rings is 1. The Kier molecular flexibility index (Phi) is 5.79. The van der Waals surface area contributed by atoms with Gasteiger partial charge in [0.15, 0.2) is 0 Å². The van der Waals surface area contributed by atoms with Gasteiger partial charge in [-0.15, -0.1) is 0 Å². The third kappa shape index (κ3) is 4.53. The van der Waals surface area contributed by atoms with E-state index in [1.807, 2.05) is 31.3 Å². The molecule has 0 radical (unpaired) electrons. The molecular weight excluding hydrogens is 340 g/mol. The van der Waals surface area contributed by atoms with Crippen LogP contribution in [0.4, 0.5) is 0 Å². The van der Waals surface area contributed by atoms with Crippen LogP contribution in [0.2, 0.25) is 25.7 Å². The summed E-state index contributed by atoms with van der Waals surface area (Å²) in [5.41, 5.74) is 3.22. The van der Waals surface area contributed by atoms with E-state index in [1.165, 1.54) is 0 Å². The van der Waals surface area contributed by atoms with Crippen molar-refractivity contribution in [3.8, 4) is 17.0 Å². The molecule has 0 aliphatic rings. The van der Waals surface area contributed by atoms with Gasteiger partial charge in [0.25, 0.3) is 0 Å². The molecule has 2 aromatic heterocycles. The lowest BCUT2D eigenvalue weighted by Crippen LogP contribution is -2.22. The molecule has 4 nitrogen and oxygen atoms in total. The van der Waals surface area contributed by atoms with E-state index in [0.717, 1.165) is 40.7 Å². The van der Waals surface area contributed by atoms with Gasteiger partial charge in [0.2, 0.25) is 0 Å². The molecule has 0 atom stereocenters. The Morgan fingerprint density at radius 2 is 1.85 bits per heavy atom. The van der Waals surface area contributed by atoms with Crippen molar-refractivity contribution in [1.82, 2.24) is 9.55 Å². The Bertz CT molecular complexity index is 851. The van der Waals surface area contributed by atoms with Crippen LogP contribution in [-0.4, -0.2) is 30.8 Å². The Morgan fingerprint density at radius 3 is 2.54 bits per heavy atom. The Hall–Kier alpha value is -2.11. The third-order valence-electron chi connectivity index (χ3n) is 4.33. The zero-order valence-corrected chi connectivity index (χ0v) is 17.2. The monoisotopic (exact) mass is 368 g/mol. The topological polar surface area (TPSA) is 36.3 Å². The summed E-state index contributed by atoms with van der Waals surface area (Å²) in [4.78, 5) is 4.57. The molecule has 0 saturated carbocycles. The lowest BCUT2D eigenvalue weighted by atomic mass is 10.1. The fourth-order valence-corrected chi connectivity index (χ4v) is 3.64. The standard InChI is InChI=1S/C21H28N2O2Si/c1-5-25-19-10-8-17(9-11-19)20-15-18-7-6-12-22-21(18)23(20)16-24-13-14-26(2,3)4/h6-12,15H,5,13-14,16H2,1-4H3. The van der Waals surface area contributed by atoms with E-state index < -0.39 is 8.07 Å². The summed E-state index contributed by atoms with van der Waals surface area (Å²) in [6.45, 7) is 11.1. The average Bonchev–Trinajstić information content (AvgIpc) is 2.97. The smallest absolute Gasteiger partial charge is 0.142 e. The highest BCUT2D eigenvalue weighted by molar-refractivity contribution is 6.76. The highest BCUT2D eigenvalue weighted by atomic mass is 28.3. The van der Waals surface area contributed by atoms with Gasteiger partial charge in [-0.25, -0.2) is 4.98 Å². The first kappa shape index (κ1) is 18.7. The van der Waals surface area contributed by atoms with Crippen LogP contribution in [0.15, 0.2) is 48.7 Å². The second-order valence-corrected chi connectivity index (χ2v) is 13.3. The fraction of sp³-hybridized carbons (Fsp3) is 0.381. The molecule has 0 bridgehead atoms. The van der Waals surface area contributed by atoms with E-state index in [0.29, 0.717) is 13.3 Å². The maximum atomic E-state index is 6.02. The summed E-state index contributed by atoms with van der Waals surface area (Å²) in [6.07, 6.45) is 1.84. The predicted octanol–water partition coefficient (Wildman–Crippen LogP) is 5.41. The van der Waals surface area contributed by atoms with Gasteiger partial charge in [-0.1, -0.05) is 19.6 Å². The van der Waals surface area contributed by atoms with Gasteiger partial charge in [-0.2, -0.15) is 0 Å². The summed E-state index contributed by atoms with van der Waals surface area (Å²) < 4.78 is 13.7. The molecule has 0 aliphatic carbocycles. The van der Waals surface area contributed by atoms with Crippen molar-refractivity contribution in [2.75, 3.05) is 13.2 Å². The minimum atomic E-state index is -1.09. The van der Waals surface area contributed by atoms with Gasteiger partial charge in [0.05, 0.1) is 12.3 Å². The predicted molar refractivity (Wildman–Crippen MR) is 110 cm³/mol. The normalized spacial score (nSPS) is 11.8. The van der Waals surface area contributed by atoms with Gasteiger partial charge in [-0.3, -0.25) is 0 Å². The maximum absolute atomic E-state index is 6.02.